The Morgan fingerprint density at radius 2 is 2.47 bits per heavy atom. The molecule has 0 radical (unpaired) electrons. The second-order valence-corrected chi connectivity index (χ2v) is 4.62. The number of primary amides is 1. The van der Waals surface area contributed by atoms with Crippen LogP contribution in [0.25, 0.3) is 0 Å². The van der Waals surface area contributed by atoms with Crippen LogP contribution in [0.15, 0.2) is 24.3 Å². The second-order valence-electron chi connectivity index (χ2n) is 4.62. The van der Waals surface area contributed by atoms with Crippen LogP contribution in [0.5, 0.6) is 0 Å². The maximum atomic E-state index is 11.5. The van der Waals surface area contributed by atoms with Crippen LogP contribution in [-0.4, -0.2) is 25.2 Å². The first-order valence-electron chi connectivity index (χ1n) is 6.35. The van der Waals surface area contributed by atoms with E-state index in [1.165, 1.54) is 0 Å². The van der Waals surface area contributed by atoms with Crippen molar-refractivity contribution in [3.8, 4) is 6.07 Å². The summed E-state index contributed by atoms with van der Waals surface area (Å²) in [7, 11) is 0. The second kappa shape index (κ2) is 6.32. The lowest BCUT2D eigenvalue weighted by Gasteiger charge is -2.18. The highest BCUT2D eigenvalue weighted by Gasteiger charge is 2.21. The molecule has 5 nitrogen and oxygen atoms in total. The largest absolute Gasteiger partial charge is 0.377 e. The zero-order valence-electron chi connectivity index (χ0n) is 10.6. The summed E-state index contributed by atoms with van der Waals surface area (Å²) in [6.07, 6.45) is 2.19. The molecular weight excluding hydrogens is 242 g/mol. The van der Waals surface area contributed by atoms with Crippen molar-refractivity contribution in [3.63, 3.8) is 0 Å². The van der Waals surface area contributed by atoms with Gasteiger partial charge in [0, 0.05) is 13.2 Å². The van der Waals surface area contributed by atoms with E-state index in [0.717, 1.165) is 19.4 Å². The Labute approximate surface area is 112 Å². The Morgan fingerprint density at radius 1 is 1.63 bits per heavy atom. The van der Waals surface area contributed by atoms with E-state index >= 15 is 0 Å². The van der Waals surface area contributed by atoms with Crippen molar-refractivity contribution in [2.75, 3.05) is 13.2 Å². The fourth-order valence-corrected chi connectivity index (χ4v) is 2.23. The maximum absolute atomic E-state index is 11.5. The molecule has 0 bridgehead atoms. The Kier molecular flexibility index (Phi) is 4.50. The predicted octanol–water partition coefficient (Wildman–Crippen LogP) is 0.853. The first-order valence-corrected chi connectivity index (χ1v) is 6.35. The van der Waals surface area contributed by atoms with Gasteiger partial charge in [0.2, 0.25) is 5.91 Å². The third kappa shape index (κ3) is 3.53. The molecule has 2 rings (SSSR count). The lowest BCUT2D eigenvalue weighted by Crippen LogP contribution is -2.37. The van der Waals surface area contributed by atoms with E-state index in [1.807, 2.05) is 0 Å². The molecule has 5 heteroatoms. The van der Waals surface area contributed by atoms with Crippen LogP contribution in [0.4, 0.5) is 0 Å². The highest BCUT2D eigenvalue weighted by molar-refractivity contribution is 5.81. The number of rotatable bonds is 5. The van der Waals surface area contributed by atoms with Crippen LogP contribution < -0.4 is 11.1 Å². The van der Waals surface area contributed by atoms with E-state index in [0.29, 0.717) is 17.7 Å². The number of hydrogen-bond acceptors (Lipinski definition) is 4. The van der Waals surface area contributed by atoms with E-state index in [1.54, 1.807) is 24.3 Å². The van der Waals surface area contributed by atoms with E-state index in [-0.39, 0.29) is 6.10 Å². The summed E-state index contributed by atoms with van der Waals surface area (Å²) in [4.78, 5) is 11.5. The molecule has 1 amide bonds. The van der Waals surface area contributed by atoms with E-state index in [2.05, 4.69) is 11.4 Å². The molecular formula is C14H17N3O2. The maximum Gasteiger partial charge on any atom is 0.239 e. The molecule has 0 saturated carbocycles. The molecule has 2 unspecified atom stereocenters. The van der Waals surface area contributed by atoms with Crippen molar-refractivity contribution in [1.82, 2.24) is 5.32 Å². The number of benzene rings is 1. The number of amides is 1. The summed E-state index contributed by atoms with van der Waals surface area (Å²) >= 11 is 0. The molecule has 0 aliphatic carbocycles. The van der Waals surface area contributed by atoms with Gasteiger partial charge in [-0.25, -0.2) is 0 Å². The highest BCUT2D eigenvalue weighted by atomic mass is 16.5. The normalized spacial score (nSPS) is 19.8. The fraction of sp³-hybridized carbons (Fsp3) is 0.429. The number of carbonyl (C=O) groups excluding carboxylic acids is 1. The summed E-state index contributed by atoms with van der Waals surface area (Å²) in [6.45, 7) is 1.36. The minimum atomic E-state index is -0.586. The SMILES string of the molecule is N#Cc1cccc(C(NCC2CCCO2)C(N)=O)c1. The molecule has 0 spiro atoms. The monoisotopic (exact) mass is 259 g/mol. The molecule has 100 valence electrons. The molecule has 1 aliphatic rings. The van der Waals surface area contributed by atoms with Gasteiger partial charge in [0.05, 0.1) is 17.7 Å². The first kappa shape index (κ1) is 13.5. The molecule has 0 aromatic heterocycles. The Morgan fingerprint density at radius 3 is 3.11 bits per heavy atom. The van der Waals surface area contributed by atoms with Gasteiger partial charge < -0.3 is 10.5 Å². The number of nitriles is 1. The van der Waals surface area contributed by atoms with Crippen molar-refractivity contribution in [1.29, 1.82) is 5.26 Å². The van der Waals surface area contributed by atoms with Gasteiger partial charge in [0.15, 0.2) is 0 Å². The van der Waals surface area contributed by atoms with Gasteiger partial charge in [-0.05, 0) is 30.5 Å². The minimum Gasteiger partial charge on any atom is -0.377 e. The zero-order valence-corrected chi connectivity index (χ0v) is 10.6. The first-order chi connectivity index (χ1) is 9.20. The van der Waals surface area contributed by atoms with Gasteiger partial charge in [-0.1, -0.05) is 12.1 Å². The third-order valence-electron chi connectivity index (χ3n) is 3.21. The predicted molar refractivity (Wildman–Crippen MR) is 70.1 cm³/mol. The Bertz CT molecular complexity index is 490. The standard InChI is InChI=1S/C14H17N3O2/c15-8-10-3-1-4-11(7-10)13(14(16)18)17-9-12-5-2-6-19-12/h1,3-4,7,12-13,17H,2,5-6,9H2,(H2,16,18). The summed E-state index contributed by atoms with van der Waals surface area (Å²) in [5.74, 6) is -0.451. The summed E-state index contributed by atoms with van der Waals surface area (Å²) in [5.41, 5.74) is 6.65. The van der Waals surface area contributed by atoms with Crippen LogP contribution in [0.3, 0.4) is 0 Å². The average molecular weight is 259 g/mol. The fourth-order valence-electron chi connectivity index (χ4n) is 2.23. The third-order valence-corrected chi connectivity index (χ3v) is 3.21. The number of nitrogens with two attached hydrogens (primary N) is 1. The van der Waals surface area contributed by atoms with Gasteiger partial charge in [0.25, 0.3) is 0 Å². The Hall–Kier alpha value is -1.90. The minimum absolute atomic E-state index is 0.140. The zero-order chi connectivity index (χ0) is 13.7. The van der Waals surface area contributed by atoms with Crippen LogP contribution in [-0.2, 0) is 9.53 Å². The van der Waals surface area contributed by atoms with Crippen LogP contribution >= 0.6 is 0 Å². The molecule has 1 aliphatic heterocycles. The lowest BCUT2D eigenvalue weighted by atomic mass is 10.0. The van der Waals surface area contributed by atoms with Crippen LogP contribution in [0, 0.1) is 11.3 Å². The number of hydrogen-bond donors (Lipinski definition) is 2. The van der Waals surface area contributed by atoms with E-state index in [9.17, 15) is 4.79 Å². The number of nitrogens with zero attached hydrogens (tertiary/aromatic N) is 1. The molecule has 1 fully saturated rings. The molecule has 1 saturated heterocycles. The van der Waals surface area contributed by atoms with Crippen molar-refractivity contribution in [2.24, 2.45) is 5.73 Å². The number of nitrogens with one attached hydrogen (secondary N) is 1. The van der Waals surface area contributed by atoms with Crippen molar-refractivity contribution in [3.05, 3.63) is 35.4 Å². The molecule has 2 atom stereocenters. The topological polar surface area (TPSA) is 88.1 Å². The van der Waals surface area contributed by atoms with Gasteiger partial charge in [-0.2, -0.15) is 5.26 Å². The summed E-state index contributed by atoms with van der Waals surface area (Å²) < 4.78 is 5.50. The summed E-state index contributed by atoms with van der Waals surface area (Å²) in [5, 5.41) is 12.0. The average Bonchev–Trinajstić information content (AvgIpc) is 2.92. The van der Waals surface area contributed by atoms with Gasteiger partial charge in [0.1, 0.15) is 6.04 Å². The molecule has 1 aromatic carbocycles. The van der Waals surface area contributed by atoms with Gasteiger partial charge in [-0.15, -0.1) is 0 Å². The molecule has 3 N–H and O–H groups in total. The van der Waals surface area contributed by atoms with Crippen molar-refractivity contribution >= 4 is 5.91 Å². The van der Waals surface area contributed by atoms with Gasteiger partial charge >= 0.3 is 0 Å². The van der Waals surface area contributed by atoms with E-state index in [4.69, 9.17) is 15.7 Å². The Balaban J connectivity index is 2.06. The smallest absolute Gasteiger partial charge is 0.239 e. The number of carbonyl (C=O) groups is 1. The molecule has 19 heavy (non-hydrogen) atoms. The molecule has 1 aromatic rings. The van der Waals surface area contributed by atoms with Crippen LogP contribution in [0.1, 0.15) is 30.0 Å². The van der Waals surface area contributed by atoms with Crippen LogP contribution in [0.2, 0.25) is 0 Å². The van der Waals surface area contributed by atoms with E-state index < -0.39 is 11.9 Å². The quantitative estimate of drug-likeness (QED) is 0.820. The summed E-state index contributed by atoms with van der Waals surface area (Å²) in [6, 6.07) is 8.38. The van der Waals surface area contributed by atoms with Crippen molar-refractivity contribution < 1.29 is 9.53 Å². The lowest BCUT2D eigenvalue weighted by molar-refractivity contribution is -0.120. The van der Waals surface area contributed by atoms with Crippen molar-refractivity contribution in [2.45, 2.75) is 25.0 Å². The van der Waals surface area contributed by atoms with Gasteiger partial charge in [-0.3, -0.25) is 10.1 Å². The molecule has 1 heterocycles. The highest BCUT2D eigenvalue weighted by Crippen LogP contribution is 2.16. The number of ether oxygens (including phenoxy) is 1.